The highest BCUT2D eigenvalue weighted by Gasteiger charge is 2.04. The van der Waals surface area contributed by atoms with Crippen molar-refractivity contribution < 1.29 is 18.6 Å². The summed E-state index contributed by atoms with van der Waals surface area (Å²) in [6.07, 6.45) is 0. The van der Waals surface area contributed by atoms with E-state index in [1.807, 2.05) is 31.2 Å². The van der Waals surface area contributed by atoms with E-state index in [1.54, 1.807) is 13.2 Å². The van der Waals surface area contributed by atoms with Crippen LogP contribution < -0.4 is 14.2 Å². The maximum atomic E-state index is 13.1. The van der Waals surface area contributed by atoms with Crippen molar-refractivity contribution in [1.82, 2.24) is 0 Å². The highest BCUT2D eigenvalue weighted by Crippen LogP contribution is 2.25. The number of aryl methyl sites for hydroxylation is 1. The molecule has 0 aliphatic rings. The maximum absolute atomic E-state index is 13.1. The van der Waals surface area contributed by atoms with Crippen LogP contribution in [0.2, 0.25) is 0 Å². The lowest BCUT2D eigenvalue weighted by atomic mass is 10.2. The van der Waals surface area contributed by atoms with E-state index >= 15 is 0 Å². The van der Waals surface area contributed by atoms with Gasteiger partial charge in [0, 0.05) is 6.07 Å². The lowest BCUT2D eigenvalue weighted by Crippen LogP contribution is -2.10. The van der Waals surface area contributed by atoms with Crippen LogP contribution in [0.5, 0.6) is 17.2 Å². The van der Waals surface area contributed by atoms with Crippen LogP contribution in [0.4, 0.5) is 4.39 Å². The fourth-order valence-electron chi connectivity index (χ4n) is 1.77. The Morgan fingerprint density at radius 2 is 1.55 bits per heavy atom. The fraction of sp³-hybridized carbons (Fsp3) is 0.250. The van der Waals surface area contributed by atoms with Crippen LogP contribution in [-0.4, -0.2) is 20.3 Å². The second kappa shape index (κ2) is 6.80. The van der Waals surface area contributed by atoms with Crippen molar-refractivity contribution in [2.24, 2.45) is 0 Å². The van der Waals surface area contributed by atoms with E-state index in [4.69, 9.17) is 14.2 Å². The molecule has 4 heteroatoms. The molecule has 0 atom stereocenters. The third-order valence-corrected chi connectivity index (χ3v) is 2.82. The predicted molar refractivity (Wildman–Crippen MR) is 75.1 cm³/mol. The smallest absolute Gasteiger partial charge is 0.161 e. The van der Waals surface area contributed by atoms with Crippen LogP contribution in [-0.2, 0) is 0 Å². The van der Waals surface area contributed by atoms with E-state index < -0.39 is 0 Å². The molecule has 0 spiro atoms. The van der Waals surface area contributed by atoms with Gasteiger partial charge in [0.15, 0.2) is 11.5 Å². The number of halogens is 1. The summed E-state index contributed by atoms with van der Waals surface area (Å²) in [6.45, 7) is 2.56. The Morgan fingerprint density at radius 1 is 0.900 bits per heavy atom. The standard InChI is InChI=1S/C16H17FO3/c1-12-7-8-13(17)11-16(12)20-10-9-19-15-6-4-3-5-14(15)18-2/h3-8,11H,9-10H2,1-2H3. The van der Waals surface area contributed by atoms with E-state index in [-0.39, 0.29) is 5.82 Å². The Labute approximate surface area is 117 Å². The average Bonchev–Trinajstić information content (AvgIpc) is 2.47. The molecule has 0 unspecified atom stereocenters. The summed E-state index contributed by atoms with van der Waals surface area (Å²) in [5.74, 6) is 1.56. The average molecular weight is 276 g/mol. The van der Waals surface area contributed by atoms with Crippen molar-refractivity contribution in [2.75, 3.05) is 20.3 Å². The van der Waals surface area contributed by atoms with Gasteiger partial charge in [-0.15, -0.1) is 0 Å². The van der Waals surface area contributed by atoms with Crippen LogP contribution in [0.3, 0.4) is 0 Å². The molecule has 2 aromatic rings. The van der Waals surface area contributed by atoms with E-state index in [1.165, 1.54) is 12.1 Å². The maximum Gasteiger partial charge on any atom is 0.161 e. The number of hydrogen-bond acceptors (Lipinski definition) is 3. The van der Waals surface area contributed by atoms with Crippen LogP contribution in [0.25, 0.3) is 0 Å². The van der Waals surface area contributed by atoms with Gasteiger partial charge in [-0.2, -0.15) is 0 Å². The van der Waals surface area contributed by atoms with Gasteiger partial charge in [-0.1, -0.05) is 18.2 Å². The number of benzene rings is 2. The van der Waals surface area contributed by atoms with Crippen molar-refractivity contribution in [2.45, 2.75) is 6.92 Å². The van der Waals surface area contributed by atoms with Gasteiger partial charge in [0.1, 0.15) is 24.8 Å². The summed E-state index contributed by atoms with van der Waals surface area (Å²) in [7, 11) is 1.59. The molecular formula is C16H17FO3. The SMILES string of the molecule is COc1ccccc1OCCOc1cc(F)ccc1C. The predicted octanol–water partition coefficient (Wildman–Crippen LogP) is 3.60. The summed E-state index contributed by atoms with van der Waals surface area (Å²) in [5, 5.41) is 0. The molecule has 0 fully saturated rings. The Hall–Kier alpha value is -2.23. The number of hydrogen-bond donors (Lipinski definition) is 0. The van der Waals surface area contributed by atoms with Gasteiger partial charge in [-0.25, -0.2) is 4.39 Å². The number of methoxy groups -OCH3 is 1. The molecule has 106 valence electrons. The molecule has 20 heavy (non-hydrogen) atoms. The number of para-hydroxylation sites is 2. The molecule has 0 bridgehead atoms. The molecule has 0 amide bonds. The summed E-state index contributed by atoms with van der Waals surface area (Å²) in [5.41, 5.74) is 0.892. The van der Waals surface area contributed by atoms with Crippen molar-refractivity contribution in [3.05, 3.63) is 53.8 Å². The van der Waals surface area contributed by atoms with Gasteiger partial charge in [-0.3, -0.25) is 0 Å². The molecule has 2 aromatic carbocycles. The Morgan fingerprint density at radius 3 is 2.25 bits per heavy atom. The van der Waals surface area contributed by atoms with Gasteiger partial charge < -0.3 is 14.2 Å². The van der Waals surface area contributed by atoms with Crippen molar-refractivity contribution in [3.63, 3.8) is 0 Å². The molecule has 0 aliphatic heterocycles. The second-order valence-corrected chi connectivity index (χ2v) is 4.26. The molecule has 0 saturated heterocycles. The minimum Gasteiger partial charge on any atom is -0.493 e. The summed E-state index contributed by atoms with van der Waals surface area (Å²) in [6, 6.07) is 11.9. The van der Waals surface area contributed by atoms with Gasteiger partial charge in [-0.05, 0) is 30.7 Å². The monoisotopic (exact) mass is 276 g/mol. The van der Waals surface area contributed by atoms with E-state index in [0.29, 0.717) is 30.5 Å². The quantitative estimate of drug-likeness (QED) is 0.754. The first kappa shape index (κ1) is 14.2. The zero-order valence-electron chi connectivity index (χ0n) is 11.6. The molecule has 0 radical (unpaired) electrons. The first-order valence-corrected chi connectivity index (χ1v) is 6.35. The Bertz CT molecular complexity index is 569. The van der Waals surface area contributed by atoms with Gasteiger partial charge in [0.25, 0.3) is 0 Å². The van der Waals surface area contributed by atoms with E-state index in [0.717, 1.165) is 5.56 Å². The number of ether oxygens (including phenoxy) is 3. The zero-order chi connectivity index (χ0) is 14.4. The van der Waals surface area contributed by atoms with Crippen molar-refractivity contribution in [3.8, 4) is 17.2 Å². The molecule has 0 N–H and O–H groups in total. The molecular weight excluding hydrogens is 259 g/mol. The summed E-state index contributed by atoms with van der Waals surface area (Å²) >= 11 is 0. The van der Waals surface area contributed by atoms with Gasteiger partial charge >= 0.3 is 0 Å². The van der Waals surface area contributed by atoms with Crippen LogP contribution in [0.15, 0.2) is 42.5 Å². The largest absolute Gasteiger partial charge is 0.493 e. The molecule has 2 rings (SSSR count). The third-order valence-electron chi connectivity index (χ3n) is 2.82. The Kier molecular flexibility index (Phi) is 4.82. The van der Waals surface area contributed by atoms with Crippen LogP contribution in [0, 0.1) is 12.7 Å². The van der Waals surface area contributed by atoms with Crippen LogP contribution in [0.1, 0.15) is 5.56 Å². The minimum atomic E-state index is -0.309. The topological polar surface area (TPSA) is 27.7 Å². The molecule has 0 aromatic heterocycles. The van der Waals surface area contributed by atoms with Crippen molar-refractivity contribution >= 4 is 0 Å². The van der Waals surface area contributed by atoms with E-state index in [9.17, 15) is 4.39 Å². The molecule has 0 saturated carbocycles. The lowest BCUT2D eigenvalue weighted by Gasteiger charge is -2.12. The molecule has 0 heterocycles. The van der Waals surface area contributed by atoms with Gasteiger partial charge in [0.2, 0.25) is 0 Å². The van der Waals surface area contributed by atoms with E-state index in [2.05, 4.69) is 0 Å². The lowest BCUT2D eigenvalue weighted by molar-refractivity contribution is 0.210. The zero-order valence-corrected chi connectivity index (χ0v) is 11.6. The summed E-state index contributed by atoms with van der Waals surface area (Å²) in [4.78, 5) is 0. The fourth-order valence-corrected chi connectivity index (χ4v) is 1.77. The molecule has 3 nitrogen and oxygen atoms in total. The Balaban J connectivity index is 1.86. The molecule has 0 aliphatic carbocycles. The van der Waals surface area contributed by atoms with Gasteiger partial charge in [0.05, 0.1) is 7.11 Å². The van der Waals surface area contributed by atoms with Crippen LogP contribution >= 0.6 is 0 Å². The number of rotatable bonds is 6. The highest BCUT2D eigenvalue weighted by atomic mass is 19.1. The minimum absolute atomic E-state index is 0.309. The third kappa shape index (κ3) is 3.63. The highest BCUT2D eigenvalue weighted by molar-refractivity contribution is 5.39. The van der Waals surface area contributed by atoms with Crippen molar-refractivity contribution in [1.29, 1.82) is 0 Å². The first-order chi connectivity index (χ1) is 9.70. The first-order valence-electron chi connectivity index (χ1n) is 6.35. The second-order valence-electron chi connectivity index (χ2n) is 4.26. The normalized spacial score (nSPS) is 10.2. The summed E-state index contributed by atoms with van der Waals surface area (Å²) < 4.78 is 29.4.